The molecule has 0 bridgehead atoms. The molecule has 2 N–H and O–H groups in total. The molecule has 7 nitrogen and oxygen atoms in total. The van der Waals surface area contributed by atoms with Gasteiger partial charge < -0.3 is 15.4 Å². The van der Waals surface area contributed by atoms with Crippen molar-refractivity contribution < 1.29 is 13.9 Å². The second-order valence-corrected chi connectivity index (χ2v) is 11.6. The molecule has 2 aliphatic heterocycles. The quantitative estimate of drug-likeness (QED) is 0.686. The van der Waals surface area contributed by atoms with Crippen LogP contribution >= 0.6 is 11.8 Å². The number of benzene rings is 1. The molecule has 6 rings (SSSR count). The molecule has 0 radical (unpaired) electrons. The summed E-state index contributed by atoms with van der Waals surface area (Å²) in [6, 6.07) is 10.9. The molecule has 1 aromatic carbocycles. The Morgan fingerprint density at radius 2 is 2.08 bits per heavy atom. The maximum absolute atomic E-state index is 14.9. The van der Waals surface area contributed by atoms with Crippen molar-refractivity contribution >= 4 is 34.7 Å². The molecule has 36 heavy (non-hydrogen) atoms. The molecular formula is C27H26FN5O2S. The molecule has 3 heterocycles. The first-order valence-electron chi connectivity index (χ1n) is 12.1. The predicted molar refractivity (Wildman–Crippen MR) is 136 cm³/mol. The van der Waals surface area contributed by atoms with E-state index in [1.165, 1.54) is 30.1 Å². The van der Waals surface area contributed by atoms with Gasteiger partial charge in [-0.05, 0) is 61.2 Å². The fraction of sp³-hybridized carbons (Fsp3) is 0.407. The molecule has 1 amide bonds. The number of pyridine rings is 1. The van der Waals surface area contributed by atoms with Crippen molar-refractivity contribution in [3.05, 3.63) is 64.5 Å². The van der Waals surface area contributed by atoms with E-state index in [2.05, 4.69) is 4.98 Å². The first-order chi connectivity index (χ1) is 17.2. The number of amidine groups is 1. The van der Waals surface area contributed by atoms with Crippen LogP contribution in [0.25, 0.3) is 11.9 Å². The van der Waals surface area contributed by atoms with E-state index in [1.54, 1.807) is 6.07 Å². The number of rotatable bonds is 3. The molecule has 0 unspecified atom stereocenters. The Morgan fingerprint density at radius 1 is 1.31 bits per heavy atom. The topological polar surface area (TPSA) is 105 Å². The normalized spacial score (nSPS) is 32.6. The van der Waals surface area contributed by atoms with Gasteiger partial charge in [-0.3, -0.25) is 14.8 Å². The highest BCUT2D eigenvalue weighted by atomic mass is 32.2. The second kappa shape index (κ2) is 8.15. The van der Waals surface area contributed by atoms with Gasteiger partial charge >= 0.3 is 0 Å². The first-order valence-corrected chi connectivity index (χ1v) is 12.9. The number of fused-ring (bicyclic) bond motifs is 4. The Labute approximate surface area is 213 Å². The van der Waals surface area contributed by atoms with Gasteiger partial charge in [-0.15, -0.1) is 0 Å². The van der Waals surface area contributed by atoms with Crippen LogP contribution in [0.5, 0.6) is 0 Å². The summed E-state index contributed by atoms with van der Waals surface area (Å²) >= 11 is 1.40. The van der Waals surface area contributed by atoms with Gasteiger partial charge in [0.2, 0.25) is 5.91 Å². The van der Waals surface area contributed by atoms with Crippen LogP contribution in [0.3, 0.4) is 0 Å². The third kappa shape index (κ3) is 3.54. The number of amides is 1. The van der Waals surface area contributed by atoms with Crippen LogP contribution < -0.4 is 5.73 Å². The highest BCUT2D eigenvalue weighted by Gasteiger charge is 2.74. The van der Waals surface area contributed by atoms with Crippen molar-refractivity contribution in [2.24, 2.45) is 16.6 Å². The molecule has 184 valence electrons. The third-order valence-electron chi connectivity index (χ3n) is 7.64. The van der Waals surface area contributed by atoms with E-state index in [-0.39, 0.29) is 29.7 Å². The molecule has 1 spiro atoms. The summed E-state index contributed by atoms with van der Waals surface area (Å²) in [5.41, 5.74) is 9.19. The number of hydrogen-bond acceptors (Lipinski definition) is 7. The van der Waals surface area contributed by atoms with Gasteiger partial charge in [-0.2, -0.15) is 5.26 Å². The number of halogens is 1. The molecule has 2 aliphatic carbocycles. The molecule has 9 heteroatoms. The standard InChI is InChI=1S/C27H26FN5O2S/c1-15-13-33(14-16(2)35-15)24(34)27-10-23(27)26(32-25(30)36-27)9-19-5-3-17(7-20(19)26)8-21(28)22-6-4-18(11-29)12-31-22/h3-8,12,15-16,23H,9-10,13-14H2,1-2H3,(H2,30,32)/b21-8-/t15-,16-,23-,26+,27-/m0/s1. The van der Waals surface area contributed by atoms with E-state index < -0.39 is 16.1 Å². The minimum Gasteiger partial charge on any atom is -0.378 e. The van der Waals surface area contributed by atoms with E-state index in [4.69, 9.17) is 20.7 Å². The summed E-state index contributed by atoms with van der Waals surface area (Å²) in [6.45, 7) is 5.15. The number of ether oxygens (including phenoxy) is 1. The van der Waals surface area contributed by atoms with Gasteiger partial charge in [0.1, 0.15) is 16.6 Å². The van der Waals surface area contributed by atoms with Gasteiger partial charge in [0.25, 0.3) is 0 Å². The Balaban J connectivity index is 1.29. The van der Waals surface area contributed by atoms with Crippen molar-refractivity contribution in [1.29, 1.82) is 5.26 Å². The van der Waals surface area contributed by atoms with E-state index in [1.807, 2.05) is 43.0 Å². The lowest BCUT2D eigenvalue weighted by atomic mass is 9.66. The summed E-state index contributed by atoms with van der Waals surface area (Å²) in [5, 5.41) is 9.37. The van der Waals surface area contributed by atoms with E-state index in [9.17, 15) is 9.18 Å². The Bertz CT molecular complexity index is 1360. The maximum Gasteiger partial charge on any atom is 0.239 e. The van der Waals surface area contributed by atoms with Gasteiger partial charge in [-0.1, -0.05) is 23.9 Å². The van der Waals surface area contributed by atoms with Crippen molar-refractivity contribution in [3.63, 3.8) is 0 Å². The molecule has 2 aromatic rings. The van der Waals surface area contributed by atoms with Crippen LogP contribution in [0.2, 0.25) is 0 Å². The minimum absolute atomic E-state index is 0.000805. The van der Waals surface area contributed by atoms with E-state index in [0.29, 0.717) is 29.4 Å². The van der Waals surface area contributed by atoms with Crippen molar-refractivity contribution in [2.75, 3.05) is 13.1 Å². The highest BCUT2D eigenvalue weighted by Crippen LogP contribution is 2.70. The lowest BCUT2D eigenvalue weighted by Crippen LogP contribution is -2.55. The van der Waals surface area contributed by atoms with Gasteiger partial charge in [0.05, 0.1) is 29.0 Å². The summed E-state index contributed by atoms with van der Waals surface area (Å²) < 4.78 is 20.2. The predicted octanol–water partition coefficient (Wildman–Crippen LogP) is 3.63. The van der Waals surface area contributed by atoms with Crippen LogP contribution in [-0.2, 0) is 21.5 Å². The average molecular weight is 504 g/mol. The number of aliphatic imine (C=N–C) groups is 1. The lowest BCUT2D eigenvalue weighted by Gasteiger charge is -2.46. The van der Waals surface area contributed by atoms with Crippen LogP contribution in [0.15, 0.2) is 41.5 Å². The number of thioether (sulfide) groups is 1. The molecule has 5 atom stereocenters. The molecular weight excluding hydrogens is 477 g/mol. The Hall–Kier alpha value is -3.22. The van der Waals surface area contributed by atoms with Crippen molar-refractivity contribution in [1.82, 2.24) is 9.88 Å². The summed E-state index contributed by atoms with van der Waals surface area (Å²) in [5.74, 6) is -0.305. The van der Waals surface area contributed by atoms with Crippen LogP contribution in [0.1, 0.15) is 48.2 Å². The zero-order valence-corrected chi connectivity index (χ0v) is 20.9. The highest BCUT2D eigenvalue weighted by molar-refractivity contribution is 8.15. The number of morpholine rings is 1. The van der Waals surface area contributed by atoms with Gasteiger partial charge in [0.15, 0.2) is 5.17 Å². The van der Waals surface area contributed by atoms with Crippen molar-refractivity contribution in [3.8, 4) is 6.07 Å². The molecule has 4 aliphatic rings. The average Bonchev–Trinajstić information content (AvgIpc) is 3.59. The number of nitriles is 1. The summed E-state index contributed by atoms with van der Waals surface area (Å²) in [7, 11) is 0. The minimum atomic E-state index is -0.593. The summed E-state index contributed by atoms with van der Waals surface area (Å²) in [4.78, 5) is 24.6. The number of carbonyl (C=O) groups excluding carboxylic acids is 1. The number of nitrogens with zero attached hydrogens (tertiary/aromatic N) is 4. The third-order valence-corrected chi connectivity index (χ3v) is 8.93. The number of hydrogen-bond donors (Lipinski definition) is 1. The zero-order valence-electron chi connectivity index (χ0n) is 20.1. The smallest absolute Gasteiger partial charge is 0.239 e. The fourth-order valence-corrected chi connectivity index (χ4v) is 7.42. The van der Waals surface area contributed by atoms with Crippen LogP contribution in [0, 0.1) is 17.2 Å². The van der Waals surface area contributed by atoms with Crippen molar-refractivity contribution in [2.45, 2.75) is 49.2 Å². The summed E-state index contributed by atoms with van der Waals surface area (Å²) in [6.07, 6.45) is 4.24. The first kappa shape index (κ1) is 23.2. The zero-order chi connectivity index (χ0) is 25.2. The molecule has 2 fully saturated rings. The van der Waals surface area contributed by atoms with Crippen LogP contribution in [0.4, 0.5) is 4.39 Å². The lowest BCUT2D eigenvalue weighted by molar-refractivity contribution is -0.143. The maximum atomic E-state index is 14.9. The molecule has 1 saturated heterocycles. The van der Waals surface area contributed by atoms with Crippen LogP contribution in [-0.4, -0.2) is 51.0 Å². The second-order valence-electron chi connectivity index (χ2n) is 10.2. The van der Waals surface area contributed by atoms with E-state index >= 15 is 0 Å². The van der Waals surface area contributed by atoms with E-state index in [0.717, 1.165) is 24.0 Å². The largest absolute Gasteiger partial charge is 0.378 e. The monoisotopic (exact) mass is 503 g/mol. The number of nitrogens with two attached hydrogens (primary N) is 1. The molecule has 1 aromatic heterocycles. The van der Waals surface area contributed by atoms with Gasteiger partial charge in [0, 0.05) is 31.6 Å². The SMILES string of the molecule is C[C@H]1CN(C(=O)[C@]23C[C@H]2[C@]2(Cc4ccc(/C=C(\F)c5ccc(C#N)cn5)cc42)N=C(N)S3)C[C@H](C)O1. The number of carbonyl (C=O) groups is 1. The fourth-order valence-electron chi connectivity index (χ4n) is 6.04. The van der Waals surface area contributed by atoms with Gasteiger partial charge in [-0.25, -0.2) is 4.39 Å². The Morgan fingerprint density at radius 3 is 2.78 bits per heavy atom. The number of aromatic nitrogens is 1. The molecule has 1 saturated carbocycles. The Kier molecular flexibility index (Phi) is 5.25.